The van der Waals surface area contributed by atoms with E-state index in [1.54, 1.807) is 0 Å². The van der Waals surface area contributed by atoms with Crippen LogP contribution < -0.4 is 4.74 Å². The molecule has 0 bridgehead atoms. The van der Waals surface area contributed by atoms with Crippen LogP contribution in [0.4, 0.5) is 0 Å². The fraction of sp³-hybridized carbons (Fsp3) is 0.333. The monoisotopic (exact) mass is 211 g/mol. The summed E-state index contributed by atoms with van der Waals surface area (Å²) in [5.41, 5.74) is 0. The molecule has 0 saturated heterocycles. The number of benzene rings is 1. The van der Waals surface area contributed by atoms with Gasteiger partial charge < -0.3 is 4.74 Å². The SMILES string of the molecule is Brc1c[c]cc(OC2CC2)c1. The molecule has 1 aliphatic rings. The zero-order valence-corrected chi connectivity index (χ0v) is 7.60. The molecule has 1 nitrogen and oxygen atoms in total. The Balaban J connectivity index is 2.10. The van der Waals surface area contributed by atoms with Crippen molar-refractivity contribution in [3.05, 3.63) is 28.7 Å². The van der Waals surface area contributed by atoms with Crippen molar-refractivity contribution in [3.8, 4) is 5.75 Å². The molecule has 11 heavy (non-hydrogen) atoms. The Hall–Kier alpha value is -0.500. The van der Waals surface area contributed by atoms with Gasteiger partial charge in [0.1, 0.15) is 5.75 Å². The Bertz CT molecular complexity index is 255. The van der Waals surface area contributed by atoms with E-state index in [-0.39, 0.29) is 0 Å². The average Bonchev–Trinajstić information content (AvgIpc) is 2.71. The van der Waals surface area contributed by atoms with Crippen molar-refractivity contribution in [3.63, 3.8) is 0 Å². The molecule has 0 atom stereocenters. The smallest absolute Gasteiger partial charge is 0.121 e. The molecule has 0 amide bonds. The van der Waals surface area contributed by atoms with Gasteiger partial charge in [0.2, 0.25) is 0 Å². The van der Waals surface area contributed by atoms with Crippen molar-refractivity contribution in [2.75, 3.05) is 0 Å². The van der Waals surface area contributed by atoms with Crippen LogP contribution in [0.25, 0.3) is 0 Å². The zero-order valence-electron chi connectivity index (χ0n) is 6.01. The summed E-state index contributed by atoms with van der Waals surface area (Å²) >= 11 is 3.36. The number of ether oxygens (including phenoxy) is 1. The predicted molar refractivity (Wildman–Crippen MR) is 46.6 cm³/mol. The van der Waals surface area contributed by atoms with E-state index in [1.165, 1.54) is 12.8 Å². The molecule has 1 aromatic carbocycles. The minimum absolute atomic E-state index is 0.470. The Labute approximate surface area is 74.5 Å². The standard InChI is InChI=1S/C9H8BrO/c10-7-2-1-3-9(6-7)11-8-4-5-8/h2-3,6,8H,4-5H2. The molecule has 0 heterocycles. The fourth-order valence-corrected chi connectivity index (χ4v) is 1.23. The summed E-state index contributed by atoms with van der Waals surface area (Å²) in [6.45, 7) is 0. The van der Waals surface area contributed by atoms with Crippen molar-refractivity contribution in [1.82, 2.24) is 0 Å². The number of rotatable bonds is 2. The van der Waals surface area contributed by atoms with Crippen LogP contribution in [-0.4, -0.2) is 6.10 Å². The highest BCUT2D eigenvalue weighted by Crippen LogP contribution is 2.27. The lowest BCUT2D eigenvalue weighted by molar-refractivity contribution is 0.303. The first-order valence-electron chi connectivity index (χ1n) is 3.68. The van der Waals surface area contributed by atoms with Gasteiger partial charge in [-0.15, -0.1) is 0 Å². The van der Waals surface area contributed by atoms with Gasteiger partial charge in [0.15, 0.2) is 0 Å². The first kappa shape index (κ1) is 7.17. The quantitative estimate of drug-likeness (QED) is 0.732. The highest BCUT2D eigenvalue weighted by molar-refractivity contribution is 9.10. The highest BCUT2D eigenvalue weighted by atomic mass is 79.9. The van der Waals surface area contributed by atoms with Crippen molar-refractivity contribution >= 4 is 15.9 Å². The second-order valence-electron chi connectivity index (χ2n) is 2.70. The number of halogens is 1. The minimum atomic E-state index is 0.470. The van der Waals surface area contributed by atoms with Crippen LogP contribution in [0, 0.1) is 6.07 Å². The molecule has 0 spiro atoms. The van der Waals surface area contributed by atoms with Gasteiger partial charge in [-0.25, -0.2) is 0 Å². The van der Waals surface area contributed by atoms with Crippen LogP contribution in [0.1, 0.15) is 12.8 Å². The molecule has 1 saturated carbocycles. The predicted octanol–water partition coefficient (Wildman–Crippen LogP) is 2.79. The number of hydrogen-bond donors (Lipinski definition) is 0. The average molecular weight is 212 g/mol. The van der Waals surface area contributed by atoms with Gasteiger partial charge in [0.25, 0.3) is 0 Å². The second-order valence-corrected chi connectivity index (χ2v) is 3.62. The lowest BCUT2D eigenvalue weighted by Gasteiger charge is -2.02. The van der Waals surface area contributed by atoms with E-state index >= 15 is 0 Å². The fourth-order valence-electron chi connectivity index (χ4n) is 0.869. The van der Waals surface area contributed by atoms with E-state index in [9.17, 15) is 0 Å². The van der Waals surface area contributed by atoms with E-state index in [4.69, 9.17) is 4.74 Å². The van der Waals surface area contributed by atoms with Gasteiger partial charge in [-0.2, -0.15) is 0 Å². The molecular formula is C9H8BrO. The minimum Gasteiger partial charge on any atom is -0.490 e. The van der Waals surface area contributed by atoms with Gasteiger partial charge in [-0.3, -0.25) is 0 Å². The third-order valence-electron chi connectivity index (χ3n) is 1.55. The van der Waals surface area contributed by atoms with Crippen molar-refractivity contribution in [2.24, 2.45) is 0 Å². The summed E-state index contributed by atoms with van der Waals surface area (Å²) in [5.74, 6) is 0.918. The van der Waals surface area contributed by atoms with Crippen molar-refractivity contribution in [2.45, 2.75) is 18.9 Å². The Kier molecular flexibility index (Phi) is 1.86. The summed E-state index contributed by atoms with van der Waals surface area (Å²) in [6, 6.07) is 8.70. The normalized spacial score (nSPS) is 16.5. The maximum Gasteiger partial charge on any atom is 0.121 e. The molecule has 1 radical (unpaired) electrons. The van der Waals surface area contributed by atoms with Crippen LogP contribution in [-0.2, 0) is 0 Å². The lowest BCUT2D eigenvalue weighted by atomic mass is 10.3. The second kappa shape index (κ2) is 2.86. The third kappa shape index (κ3) is 1.96. The third-order valence-corrected chi connectivity index (χ3v) is 2.01. The summed E-state index contributed by atoms with van der Waals surface area (Å²) < 4.78 is 6.57. The van der Waals surface area contributed by atoms with Gasteiger partial charge in [-0.1, -0.05) is 15.9 Å². The van der Waals surface area contributed by atoms with E-state index in [2.05, 4.69) is 22.0 Å². The molecule has 1 aliphatic carbocycles. The van der Waals surface area contributed by atoms with Crippen LogP contribution in [0.5, 0.6) is 5.75 Å². The largest absolute Gasteiger partial charge is 0.490 e. The molecule has 0 aromatic heterocycles. The molecular weight excluding hydrogens is 204 g/mol. The Morgan fingerprint density at radius 1 is 1.45 bits per heavy atom. The van der Waals surface area contributed by atoms with Gasteiger partial charge >= 0.3 is 0 Å². The molecule has 2 rings (SSSR count). The van der Waals surface area contributed by atoms with E-state index in [1.807, 2.05) is 18.2 Å². The van der Waals surface area contributed by atoms with Crippen molar-refractivity contribution < 1.29 is 4.74 Å². The first-order valence-corrected chi connectivity index (χ1v) is 4.47. The highest BCUT2D eigenvalue weighted by Gasteiger charge is 2.23. The topological polar surface area (TPSA) is 9.23 Å². The Morgan fingerprint density at radius 2 is 2.27 bits per heavy atom. The molecule has 57 valence electrons. The molecule has 1 fully saturated rings. The van der Waals surface area contributed by atoms with Gasteiger partial charge in [0, 0.05) is 4.47 Å². The zero-order chi connectivity index (χ0) is 7.68. The molecule has 2 heteroatoms. The van der Waals surface area contributed by atoms with E-state index in [0.29, 0.717) is 6.10 Å². The van der Waals surface area contributed by atoms with E-state index in [0.717, 1.165) is 10.2 Å². The van der Waals surface area contributed by atoms with Gasteiger partial charge in [-0.05, 0) is 37.1 Å². The summed E-state index contributed by atoms with van der Waals surface area (Å²) in [6.07, 6.45) is 2.87. The molecule has 0 unspecified atom stereocenters. The van der Waals surface area contributed by atoms with Crippen LogP contribution in [0.3, 0.4) is 0 Å². The van der Waals surface area contributed by atoms with Crippen LogP contribution >= 0.6 is 15.9 Å². The lowest BCUT2D eigenvalue weighted by Crippen LogP contribution is -1.94. The van der Waals surface area contributed by atoms with Crippen LogP contribution in [0.15, 0.2) is 22.7 Å². The summed E-state index contributed by atoms with van der Waals surface area (Å²) in [5, 5.41) is 0. The number of hydrogen-bond acceptors (Lipinski definition) is 1. The maximum absolute atomic E-state index is 5.54. The van der Waals surface area contributed by atoms with Crippen molar-refractivity contribution in [1.29, 1.82) is 0 Å². The molecule has 0 aliphatic heterocycles. The maximum atomic E-state index is 5.54. The van der Waals surface area contributed by atoms with E-state index < -0.39 is 0 Å². The van der Waals surface area contributed by atoms with Crippen LogP contribution in [0.2, 0.25) is 0 Å². The summed E-state index contributed by atoms with van der Waals surface area (Å²) in [4.78, 5) is 0. The Morgan fingerprint density at radius 3 is 2.91 bits per heavy atom. The molecule has 0 N–H and O–H groups in total. The molecule has 1 aromatic rings. The first-order chi connectivity index (χ1) is 5.34. The van der Waals surface area contributed by atoms with Gasteiger partial charge in [0.05, 0.1) is 6.10 Å². The summed E-state index contributed by atoms with van der Waals surface area (Å²) in [7, 11) is 0.